The highest BCUT2D eigenvalue weighted by molar-refractivity contribution is 9.10. The van der Waals surface area contributed by atoms with Crippen molar-refractivity contribution in [3.8, 4) is 11.5 Å². The lowest BCUT2D eigenvalue weighted by Gasteiger charge is -2.09. The highest BCUT2D eigenvalue weighted by Crippen LogP contribution is 2.47. The number of ether oxygens (including phenoxy) is 2. The van der Waals surface area contributed by atoms with Crippen LogP contribution >= 0.6 is 15.9 Å². The Hall–Kier alpha value is -2.34. The molecule has 25 heavy (non-hydrogen) atoms. The Kier molecular flexibility index (Phi) is 5.38. The molecule has 2 unspecified atom stereocenters. The molecular weight excluding hydrogens is 384 g/mol. The van der Waals surface area contributed by atoms with E-state index in [9.17, 15) is 4.79 Å². The molecule has 0 aliphatic heterocycles. The van der Waals surface area contributed by atoms with E-state index in [1.54, 1.807) is 26.5 Å². The van der Waals surface area contributed by atoms with E-state index in [-0.39, 0.29) is 11.8 Å². The van der Waals surface area contributed by atoms with Crippen LogP contribution in [-0.2, 0) is 4.79 Å². The zero-order valence-electron chi connectivity index (χ0n) is 14.0. The fraction of sp³-hybridized carbons (Fsp3) is 0.263. The Balaban J connectivity index is 1.62. The van der Waals surface area contributed by atoms with Gasteiger partial charge in [0, 0.05) is 17.5 Å². The van der Waals surface area contributed by atoms with E-state index in [1.165, 1.54) is 5.56 Å². The fourth-order valence-corrected chi connectivity index (χ4v) is 3.31. The lowest BCUT2D eigenvalue weighted by molar-refractivity contribution is -0.122. The SMILES string of the molecule is COc1cc(OC)c(C=NNC(=O)C2CC2c2ccccc2)cc1Br. The van der Waals surface area contributed by atoms with E-state index in [0.717, 1.165) is 16.5 Å². The van der Waals surface area contributed by atoms with Crippen molar-refractivity contribution in [1.82, 2.24) is 5.43 Å². The molecule has 0 radical (unpaired) electrons. The largest absolute Gasteiger partial charge is 0.496 e. The maximum atomic E-state index is 12.2. The molecule has 6 heteroatoms. The first-order chi connectivity index (χ1) is 12.1. The van der Waals surface area contributed by atoms with Gasteiger partial charge in [0.05, 0.1) is 24.9 Å². The van der Waals surface area contributed by atoms with Gasteiger partial charge < -0.3 is 9.47 Å². The van der Waals surface area contributed by atoms with E-state index < -0.39 is 0 Å². The molecule has 0 heterocycles. The van der Waals surface area contributed by atoms with Crippen molar-refractivity contribution in [1.29, 1.82) is 0 Å². The molecule has 130 valence electrons. The van der Waals surface area contributed by atoms with Crippen LogP contribution in [0.3, 0.4) is 0 Å². The number of methoxy groups -OCH3 is 2. The molecular formula is C19H19BrN2O3. The van der Waals surface area contributed by atoms with Crippen LogP contribution in [0.2, 0.25) is 0 Å². The van der Waals surface area contributed by atoms with Gasteiger partial charge in [-0.1, -0.05) is 30.3 Å². The van der Waals surface area contributed by atoms with Gasteiger partial charge in [0.2, 0.25) is 5.91 Å². The number of hydrazone groups is 1. The minimum Gasteiger partial charge on any atom is -0.496 e. The number of nitrogens with one attached hydrogen (secondary N) is 1. The fourth-order valence-electron chi connectivity index (χ4n) is 2.79. The third-order valence-electron chi connectivity index (χ3n) is 4.24. The highest BCUT2D eigenvalue weighted by atomic mass is 79.9. The normalized spacial score (nSPS) is 18.8. The standard InChI is InChI=1S/C19H19BrN2O3/c1-24-17-10-18(25-2)16(20)8-13(17)11-21-22-19(23)15-9-14(15)12-6-4-3-5-7-12/h3-8,10-11,14-15H,9H2,1-2H3,(H,22,23). The van der Waals surface area contributed by atoms with E-state index >= 15 is 0 Å². The van der Waals surface area contributed by atoms with E-state index in [2.05, 4.69) is 38.6 Å². The average Bonchev–Trinajstić information content (AvgIpc) is 3.43. The van der Waals surface area contributed by atoms with Gasteiger partial charge in [-0.2, -0.15) is 5.10 Å². The van der Waals surface area contributed by atoms with Gasteiger partial charge in [0.15, 0.2) is 0 Å². The number of halogens is 1. The summed E-state index contributed by atoms with van der Waals surface area (Å²) in [6, 6.07) is 13.7. The molecule has 2 aromatic carbocycles. The topological polar surface area (TPSA) is 59.9 Å². The number of hydrogen-bond donors (Lipinski definition) is 1. The Morgan fingerprint density at radius 2 is 1.92 bits per heavy atom. The first kappa shape index (κ1) is 17.5. The van der Waals surface area contributed by atoms with Crippen LogP contribution in [0.25, 0.3) is 0 Å². The molecule has 5 nitrogen and oxygen atoms in total. The summed E-state index contributed by atoms with van der Waals surface area (Å²) in [5.41, 5.74) is 4.56. The summed E-state index contributed by atoms with van der Waals surface area (Å²) in [5.74, 6) is 1.51. The zero-order valence-corrected chi connectivity index (χ0v) is 15.6. The van der Waals surface area contributed by atoms with Gasteiger partial charge in [0.1, 0.15) is 11.5 Å². The average molecular weight is 403 g/mol. The molecule has 1 aliphatic rings. The molecule has 1 amide bonds. The highest BCUT2D eigenvalue weighted by Gasteiger charge is 2.43. The third kappa shape index (κ3) is 4.02. The molecule has 1 saturated carbocycles. The van der Waals surface area contributed by atoms with Gasteiger partial charge in [-0.05, 0) is 39.9 Å². The molecule has 2 aromatic rings. The number of carbonyl (C=O) groups is 1. The second-order valence-electron chi connectivity index (χ2n) is 5.82. The van der Waals surface area contributed by atoms with Gasteiger partial charge in [-0.25, -0.2) is 5.43 Å². The third-order valence-corrected chi connectivity index (χ3v) is 4.86. The minimum atomic E-state index is -0.0587. The van der Waals surface area contributed by atoms with E-state index in [1.807, 2.05) is 24.3 Å². The first-order valence-electron chi connectivity index (χ1n) is 7.93. The summed E-state index contributed by atoms with van der Waals surface area (Å²) in [5, 5.41) is 4.07. The lowest BCUT2D eigenvalue weighted by Crippen LogP contribution is -2.20. The summed E-state index contributed by atoms with van der Waals surface area (Å²) in [6.07, 6.45) is 2.43. The molecule has 3 rings (SSSR count). The van der Waals surface area contributed by atoms with Crippen LogP contribution in [0, 0.1) is 5.92 Å². The van der Waals surface area contributed by atoms with Crippen LogP contribution in [0.1, 0.15) is 23.5 Å². The lowest BCUT2D eigenvalue weighted by atomic mass is 10.1. The predicted molar refractivity (Wildman–Crippen MR) is 100 cm³/mol. The Labute approximate surface area is 155 Å². The first-order valence-corrected chi connectivity index (χ1v) is 8.72. The van der Waals surface area contributed by atoms with Gasteiger partial charge in [-0.3, -0.25) is 4.79 Å². The number of carbonyl (C=O) groups excluding carboxylic acids is 1. The van der Waals surface area contributed by atoms with Crippen molar-refractivity contribution < 1.29 is 14.3 Å². The van der Waals surface area contributed by atoms with Crippen molar-refractivity contribution in [3.05, 3.63) is 58.1 Å². The van der Waals surface area contributed by atoms with Gasteiger partial charge >= 0.3 is 0 Å². The number of benzene rings is 2. The number of amides is 1. The predicted octanol–water partition coefficient (Wildman–Crippen LogP) is 3.72. The summed E-state index contributed by atoms with van der Waals surface area (Å²) in [7, 11) is 3.17. The maximum absolute atomic E-state index is 12.2. The summed E-state index contributed by atoms with van der Waals surface area (Å²) >= 11 is 3.43. The smallest absolute Gasteiger partial charge is 0.243 e. The van der Waals surface area contributed by atoms with Crippen LogP contribution < -0.4 is 14.9 Å². The second-order valence-corrected chi connectivity index (χ2v) is 6.68. The van der Waals surface area contributed by atoms with Crippen LogP contribution in [0.4, 0.5) is 0 Å². The van der Waals surface area contributed by atoms with Gasteiger partial charge in [-0.15, -0.1) is 0 Å². The quantitative estimate of drug-likeness (QED) is 0.591. The summed E-state index contributed by atoms with van der Waals surface area (Å²) < 4.78 is 11.4. The van der Waals surface area contributed by atoms with Crippen LogP contribution in [0.15, 0.2) is 52.0 Å². The molecule has 0 bridgehead atoms. The molecule has 1 fully saturated rings. The molecule has 1 aliphatic carbocycles. The van der Waals surface area contributed by atoms with Crippen molar-refractivity contribution in [2.24, 2.45) is 11.0 Å². The molecule has 0 aromatic heterocycles. The van der Waals surface area contributed by atoms with Crippen LogP contribution in [-0.4, -0.2) is 26.3 Å². The van der Waals surface area contributed by atoms with Crippen molar-refractivity contribution in [3.63, 3.8) is 0 Å². The molecule has 0 saturated heterocycles. The van der Waals surface area contributed by atoms with Crippen molar-refractivity contribution >= 4 is 28.1 Å². The summed E-state index contributed by atoms with van der Waals surface area (Å²) in [4.78, 5) is 12.2. The van der Waals surface area contributed by atoms with Crippen LogP contribution in [0.5, 0.6) is 11.5 Å². The zero-order chi connectivity index (χ0) is 17.8. The molecule has 0 spiro atoms. The molecule has 1 N–H and O–H groups in total. The maximum Gasteiger partial charge on any atom is 0.243 e. The number of rotatable bonds is 6. The monoisotopic (exact) mass is 402 g/mol. The van der Waals surface area contributed by atoms with Crippen molar-refractivity contribution in [2.75, 3.05) is 14.2 Å². The van der Waals surface area contributed by atoms with Crippen molar-refractivity contribution in [2.45, 2.75) is 12.3 Å². The molecule has 2 atom stereocenters. The Bertz CT molecular complexity index is 793. The number of nitrogens with zero attached hydrogens (tertiary/aromatic N) is 1. The minimum absolute atomic E-state index is 0.0101. The second kappa shape index (κ2) is 7.70. The Morgan fingerprint density at radius 3 is 2.60 bits per heavy atom. The number of hydrogen-bond acceptors (Lipinski definition) is 4. The Morgan fingerprint density at radius 1 is 1.20 bits per heavy atom. The van der Waals surface area contributed by atoms with E-state index in [4.69, 9.17) is 9.47 Å². The van der Waals surface area contributed by atoms with E-state index in [0.29, 0.717) is 17.4 Å². The van der Waals surface area contributed by atoms with Gasteiger partial charge in [0.25, 0.3) is 0 Å². The summed E-state index contributed by atoms with van der Waals surface area (Å²) in [6.45, 7) is 0.